The number of carbonyl (C=O) groups is 3. The summed E-state index contributed by atoms with van der Waals surface area (Å²) in [6.07, 6.45) is 0.0226. The first-order chi connectivity index (χ1) is 19.7. The molecular formula is C32H33N5O4. The van der Waals surface area contributed by atoms with Crippen LogP contribution in [0.25, 0.3) is 22.5 Å². The molecule has 41 heavy (non-hydrogen) atoms. The Balaban J connectivity index is 1.92. The quantitative estimate of drug-likeness (QED) is 0.112. The van der Waals surface area contributed by atoms with Crippen LogP contribution in [-0.4, -0.2) is 33.3 Å². The van der Waals surface area contributed by atoms with E-state index in [4.69, 9.17) is 16.2 Å². The van der Waals surface area contributed by atoms with Crippen molar-refractivity contribution in [2.45, 2.75) is 39.2 Å². The number of nitrogens with zero attached hydrogens (tertiary/aromatic N) is 1. The highest BCUT2D eigenvalue weighted by molar-refractivity contribution is 6.17. The van der Waals surface area contributed by atoms with Gasteiger partial charge in [-0.15, -0.1) is 0 Å². The highest BCUT2D eigenvalue weighted by Gasteiger charge is 2.31. The highest BCUT2D eigenvalue weighted by Crippen LogP contribution is 2.43. The van der Waals surface area contributed by atoms with Gasteiger partial charge in [0, 0.05) is 35.7 Å². The number of carboxylic acid groups (broad SMARTS) is 1. The number of aromatic nitrogens is 1. The molecule has 0 fully saturated rings. The zero-order chi connectivity index (χ0) is 29.5. The maximum atomic E-state index is 14.1. The van der Waals surface area contributed by atoms with E-state index < -0.39 is 11.9 Å². The van der Waals surface area contributed by atoms with Crippen LogP contribution in [0.1, 0.15) is 55.1 Å². The number of amides is 2. The zero-order valence-electron chi connectivity index (χ0n) is 23.0. The summed E-state index contributed by atoms with van der Waals surface area (Å²) < 4.78 is 2.05. The predicted molar refractivity (Wildman–Crippen MR) is 161 cm³/mol. The molecule has 9 heteroatoms. The molecule has 3 aromatic carbocycles. The Morgan fingerprint density at radius 2 is 1.39 bits per heavy atom. The summed E-state index contributed by atoms with van der Waals surface area (Å²) in [5.41, 5.74) is 10.1. The van der Waals surface area contributed by atoms with Crippen LogP contribution in [0.15, 0.2) is 84.9 Å². The monoisotopic (exact) mass is 551 g/mol. The molecule has 0 atom stereocenters. The number of benzene rings is 3. The molecule has 0 spiro atoms. The number of rotatable bonds is 11. The van der Waals surface area contributed by atoms with E-state index in [9.17, 15) is 14.4 Å². The van der Waals surface area contributed by atoms with Gasteiger partial charge in [0.25, 0.3) is 5.91 Å². The average Bonchev–Trinajstić information content (AvgIpc) is 3.29. The van der Waals surface area contributed by atoms with Crippen molar-refractivity contribution in [1.29, 1.82) is 5.41 Å². The van der Waals surface area contributed by atoms with E-state index >= 15 is 0 Å². The minimum Gasteiger partial charge on any atom is -0.481 e. The molecule has 0 saturated carbocycles. The molecule has 6 N–H and O–H groups in total. The number of nitrogens with one attached hydrogen (secondary N) is 3. The lowest BCUT2D eigenvalue weighted by Crippen LogP contribution is -2.18. The van der Waals surface area contributed by atoms with Crippen molar-refractivity contribution in [2.24, 2.45) is 5.73 Å². The third-order valence-corrected chi connectivity index (χ3v) is 6.56. The predicted octanol–water partition coefficient (Wildman–Crippen LogP) is 6.13. The number of amidine groups is 1. The summed E-state index contributed by atoms with van der Waals surface area (Å²) >= 11 is 0. The van der Waals surface area contributed by atoms with Crippen LogP contribution in [0.3, 0.4) is 0 Å². The van der Waals surface area contributed by atoms with Crippen molar-refractivity contribution < 1.29 is 19.5 Å². The lowest BCUT2D eigenvalue weighted by Gasteiger charge is -2.18. The molecule has 4 rings (SSSR count). The Morgan fingerprint density at radius 1 is 0.829 bits per heavy atom. The maximum Gasteiger partial charge on any atom is 0.303 e. The number of hydrogen-bond acceptors (Lipinski definition) is 4. The molecule has 9 nitrogen and oxygen atoms in total. The second-order valence-electron chi connectivity index (χ2n) is 9.88. The van der Waals surface area contributed by atoms with E-state index in [1.807, 2.05) is 79.1 Å². The summed E-state index contributed by atoms with van der Waals surface area (Å²) in [6, 6.07) is 25.6. The summed E-state index contributed by atoms with van der Waals surface area (Å²) in [7, 11) is 0. The summed E-state index contributed by atoms with van der Waals surface area (Å²) in [5, 5.41) is 22.6. The molecule has 4 aromatic rings. The van der Waals surface area contributed by atoms with Crippen LogP contribution in [0.4, 0.5) is 11.4 Å². The number of hydrogen-bond donors (Lipinski definition) is 5. The van der Waals surface area contributed by atoms with Gasteiger partial charge in [0.05, 0.1) is 22.6 Å². The molecule has 0 aliphatic rings. The number of nitrogen functional groups attached to an aromatic ring is 1. The molecule has 0 aliphatic carbocycles. The lowest BCUT2D eigenvalue weighted by atomic mass is 10.0. The number of nitrogens with two attached hydrogens (primary N) is 1. The van der Waals surface area contributed by atoms with Crippen LogP contribution in [0.2, 0.25) is 0 Å². The summed E-state index contributed by atoms with van der Waals surface area (Å²) in [4.78, 5) is 38.3. The number of aliphatic carboxylic acids is 1. The third-order valence-electron chi connectivity index (χ3n) is 6.56. The molecule has 0 aliphatic heterocycles. The third kappa shape index (κ3) is 6.70. The van der Waals surface area contributed by atoms with Gasteiger partial charge >= 0.3 is 5.97 Å². The molecule has 210 valence electrons. The van der Waals surface area contributed by atoms with Gasteiger partial charge < -0.3 is 26.0 Å². The SMILES string of the molecule is CC(C)n1c(-c2ccccc2)c(NC(=O)CCCC(=O)O)c(C(=O)Nc2ccc(C(=N)N)cc2)c1-c1ccccc1. The maximum absolute atomic E-state index is 14.1. The van der Waals surface area contributed by atoms with Gasteiger partial charge in [-0.25, -0.2) is 0 Å². The van der Waals surface area contributed by atoms with Gasteiger partial charge in [-0.3, -0.25) is 19.8 Å². The number of carboxylic acids is 1. The molecule has 0 bridgehead atoms. The summed E-state index contributed by atoms with van der Waals surface area (Å²) in [6.45, 7) is 4.03. The first-order valence-corrected chi connectivity index (χ1v) is 13.3. The van der Waals surface area contributed by atoms with E-state index in [0.29, 0.717) is 28.3 Å². The van der Waals surface area contributed by atoms with Crippen molar-refractivity contribution in [3.8, 4) is 22.5 Å². The van der Waals surface area contributed by atoms with Crippen molar-refractivity contribution in [3.63, 3.8) is 0 Å². The fourth-order valence-corrected chi connectivity index (χ4v) is 4.74. The van der Waals surface area contributed by atoms with Gasteiger partial charge in [-0.2, -0.15) is 0 Å². The summed E-state index contributed by atoms with van der Waals surface area (Å²) in [5.74, 6) is -1.87. The van der Waals surface area contributed by atoms with Crippen LogP contribution in [0, 0.1) is 5.41 Å². The Morgan fingerprint density at radius 3 is 1.90 bits per heavy atom. The van der Waals surface area contributed by atoms with E-state index in [1.165, 1.54) is 0 Å². The minimum atomic E-state index is -0.976. The molecule has 0 saturated heterocycles. The molecule has 1 aromatic heterocycles. The first-order valence-electron chi connectivity index (χ1n) is 13.3. The smallest absolute Gasteiger partial charge is 0.303 e. The largest absolute Gasteiger partial charge is 0.481 e. The molecule has 2 amide bonds. The van der Waals surface area contributed by atoms with Crippen LogP contribution in [0.5, 0.6) is 0 Å². The molecule has 0 radical (unpaired) electrons. The van der Waals surface area contributed by atoms with Crippen LogP contribution in [-0.2, 0) is 9.59 Å². The van der Waals surface area contributed by atoms with Crippen molar-refractivity contribution >= 4 is 35.0 Å². The van der Waals surface area contributed by atoms with E-state index in [2.05, 4.69) is 10.6 Å². The fourth-order valence-electron chi connectivity index (χ4n) is 4.74. The highest BCUT2D eigenvalue weighted by atomic mass is 16.4. The lowest BCUT2D eigenvalue weighted by molar-refractivity contribution is -0.137. The standard InChI is InChI=1S/C32H33N5O4/c1-20(2)37-29(21-10-5-3-6-11-21)27(32(41)35-24-18-16-23(17-19-24)31(33)34)28(30(37)22-12-7-4-8-13-22)36-25(38)14-9-15-26(39)40/h3-8,10-13,16-20H,9,14-15H2,1-2H3,(H3,33,34)(H,35,41)(H,36,38)(H,39,40). The van der Waals surface area contributed by atoms with Gasteiger partial charge in [-0.1, -0.05) is 60.7 Å². The van der Waals surface area contributed by atoms with Gasteiger partial charge in [0.1, 0.15) is 5.84 Å². The topological polar surface area (TPSA) is 150 Å². The molecule has 1 heterocycles. The Kier molecular flexibility index (Phi) is 8.98. The zero-order valence-corrected chi connectivity index (χ0v) is 23.0. The molecule has 0 unspecified atom stereocenters. The van der Waals surface area contributed by atoms with E-state index in [-0.39, 0.29) is 42.6 Å². The van der Waals surface area contributed by atoms with Crippen molar-refractivity contribution in [1.82, 2.24) is 4.57 Å². The fraction of sp³-hybridized carbons (Fsp3) is 0.188. The van der Waals surface area contributed by atoms with Crippen LogP contribution >= 0.6 is 0 Å². The Labute approximate surface area is 238 Å². The Bertz CT molecular complexity index is 1560. The first kappa shape index (κ1) is 28.8. The van der Waals surface area contributed by atoms with Gasteiger partial charge in [0.15, 0.2) is 0 Å². The van der Waals surface area contributed by atoms with Crippen molar-refractivity contribution in [2.75, 3.05) is 10.6 Å². The van der Waals surface area contributed by atoms with E-state index in [0.717, 1.165) is 11.1 Å². The second kappa shape index (κ2) is 12.8. The van der Waals surface area contributed by atoms with Crippen LogP contribution < -0.4 is 16.4 Å². The van der Waals surface area contributed by atoms with Crippen molar-refractivity contribution in [3.05, 3.63) is 96.1 Å². The van der Waals surface area contributed by atoms with Gasteiger partial charge in [-0.05, 0) is 50.1 Å². The number of anilines is 2. The minimum absolute atomic E-state index is 0.0123. The second-order valence-corrected chi connectivity index (χ2v) is 9.88. The Hall–Kier alpha value is -5.18. The van der Waals surface area contributed by atoms with E-state index in [1.54, 1.807) is 24.3 Å². The molecular weight excluding hydrogens is 518 g/mol. The normalized spacial score (nSPS) is 10.8. The number of carbonyl (C=O) groups excluding carboxylic acids is 2. The van der Waals surface area contributed by atoms with Gasteiger partial charge in [0.2, 0.25) is 5.91 Å². The average molecular weight is 552 g/mol.